The summed E-state index contributed by atoms with van der Waals surface area (Å²) < 4.78 is 7.53. The van der Waals surface area contributed by atoms with Crippen LogP contribution in [-0.4, -0.2) is 44.6 Å². The predicted molar refractivity (Wildman–Crippen MR) is 214 cm³/mol. The van der Waals surface area contributed by atoms with E-state index in [9.17, 15) is 15.0 Å². The van der Waals surface area contributed by atoms with Gasteiger partial charge in [0.25, 0.3) is 5.79 Å². The molecule has 54 heavy (non-hydrogen) atoms. The van der Waals surface area contributed by atoms with E-state index >= 15 is 0 Å². The Balaban J connectivity index is 1.55. The number of methoxy groups -OCH3 is 1. The molecular weight excluding hydrogens is 719 g/mol. The van der Waals surface area contributed by atoms with Crippen molar-refractivity contribution in [3.05, 3.63) is 166 Å². The number of halogens is 2. The molecule has 0 saturated heterocycles. The third-order valence-corrected chi connectivity index (χ3v) is 10.2. The molecule has 8 rings (SSSR count). The SMILES string of the molecule is COc1ccc(-c2c(-c3ccc(O)cc3)nc(-c3ccccc3Cl)n2C2(c3ccccc3Cl)N=C(C3=CCC(C=O)C=C3)C(c3ccc(O)cc3)=N2)cc1. The zero-order valence-electron chi connectivity index (χ0n) is 28.9. The van der Waals surface area contributed by atoms with E-state index in [1.54, 1.807) is 55.6 Å². The summed E-state index contributed by atoms with van der Waals surface area (Å²) in [5.74, 6) is -0.531. The van der Waals surface area contributed by atoms with Gasteiger partial charge in [0.05, 0.1) is 40.0 Å². The number of aliphatic imine (C=N–C) groups is 2. The molecule has 2 atom stereocenters. The summed E-state index contributed by atoms with van der Waals surface area (Å²) in [7, 11) is 1.61. The lowest BCUT2D eigenvalue weighted by atomic mass is 9.92. The van der Waals surface area contributed by atoms with E-state index in [1.807, 2.05) is 95.6 Å². The van der Waals surface area contributed by atoms with E-state index in [1.165, 1.54) is 0 Å². The van der Waals surface area contributed by atoms with Crippen molar-refractivity contribution in [2.24, 2.45) is 15.9 Å². The number of phenols is 2. The van der Waals surface area contributed by atoms with Crippen LogP contribution in [0.25, 0.3) is 33.9 Å². The molecule has 2 N–H and O–H groups in total. The first kappa shape index (κ1) is 34.8. The summed E-state index contributed by atoms with van der Waals surface area (Å²) >= 11 is 14.2. The first-order valence-corrected chi connectivity index (χ1v) is 18.0. The molecule has 2 aliphatic rings. The standard InChI is InChI=1S/C44H32Cl2N4O4/c1-54-34-24-18-31(19-25-34)42-41(30-16-22-33(53)23-17-30)47-43(35-6-2-4-8-37(35)45)50(42)44(36-7-3-5-9-38(36)46)48-39(28-12-10-27(26-51)11-13-28)40(49-44)29-14-20-32(52)21-15-29/h2-10,12-27,52-53H,11H2,1H3. The Hall–Kier alpha value is -6.22. The van der Waals surface area contributed by atoms with Crippen LogP contribution in [0.4, 0.5) is 0 Å². The Kier molecular flexibility index (Phi) is 9.23. The van der Waals surface area contributed by atoms with Crippen molar-refractivity contribution < 1.29 is 19.7 Å². The number of nitrogens with zero attached hydrogens (tertiary/aromatic N) is 4. The molecule has 1 aromatic heterocycles. The average Bonchev–Trinajstić information content (AvgIpc) is 3.80. The van der Waals surface area contributed by atoms with Gasteiger partial charge in [-0.1, -0.05) is 71.8 Å². The van der Waals surface area contributed by atoms with E-state index in [0.717, 1.165) is 23.0 Å². The number of hydrogen-bond acceptors (Lipinski definition) is 7. The second kappa shape index (κ2) is 14.3. The number of aromatic hydroxyl groups is 2. The van der Waals surface area contributed by atoms with Gasteiger partial charge < -0.3 is 19.7 Å². The quantitative estimate of drug-likeness (QED) is 0.143. The van der Waals surface area contributed by atoms with Crippen molar-refractivity contribution >= 4 is 40.9 Å². The smallest absolute Gasteiger partial charge is 0.263 e. The van der Waals surface area contributed by atoms with Gasteiger partial charge in [-0.15, -0.1) is 0 Å². The van der Waals surface area contributed by atoms with Crippen molar-refractivity contribution in [3.63, 3.8) is 0 Å². The fourth-order valence-electron chi connectivity index (χ4n) is 6.83. The summed E-state index contributed by atoms with van der Waals surface area (Å²) in [4.78, 5) is 28.3. The van der Waals surface area contributed by atoms with E-state index < -0.39 is 5.79 Å². The lowest BCUT2D eigenvalue weighted by molar-refractivity contribution is -0.109. The number of benzene rings is 5. The lowest BCUT2D eigenvalue weighted by Gasteiger charge is -2.30. The molecule has 5 aromatic carbocycles. The molecule has 0 radical (unpaired) electrons. The highest BCUT2D eigenvalue weighted by Crippen LogP contribution is 2.49. The van der Waals surface area contributed by atoms with Crippen molar-refractivity contribution in [1.29, 1.82) is 0 Å². The number of aldehydes is 1. The second-order valence-electron chi connectivity index (χ2n) is 12.9. The summed E-state index contributed by atoms with van der Waals surface area (Å²) in [5.41, 5.74) is 6.50. The molecule has 2 unspecified atom stereocenters. The van der Waals surface area contributed by atoms with Gasteiger partial charge in [0.15, 0.2) is 0 Å². The first-order chi connectivity index (χ1) is 26.3. The summed E-state index contributed by atoms with van der Waals surface area (Å²) in [5, 5.41) is 21.5. The minimum atomic E-state index is -1.62. The molecule has 10 heteroatoms. The number of carbonyl (C=O) groups excluding carboxylic acids is 1. The van der Waals surface area contributed by atoms with Crippen molar-refractivity contribution in [2.75, 3.05) is 7.11 Å². The number of ether oxygens (including phenoxy) is 1. The van der Waals surface area contributed by atoms with E-state index in [2.05, 4.69) is 0 Å². The minimum absolute atomic E-state index is 0.106. The average molecular weight is 752 g/mol. The number of aromatic nitrogens is 2. The Morgan fingerprint density at radius 2 is 1.37 bits per heavy atom. The van der Waals surface area contributed by atoms with E-state index in [4.69, 9.17) is 42.9 Å². The predicted octanol–water partition coefficient (Wildman–Crippen LogP) is 9.91. The van der Waals surface area contributed by atoms with Gasteiger partial charge in [0.2, 0.25) is 0 Å². The summed E-state index contributed by atoms with van der Waals surface area (Å²) in [6, 6.07) is 36.2. The van der Waals surface area contributed by atoms with E-state index in [-0.39, 0.29) is 17.4 Å². The van der Waals surface area contributed by atoms with Crippen molar-refractivity contribution in [2.45, 2.75) is 12.2 Å². The van der Waals surface area contributed by atoms with Gasteiger partial charge in [-0.3, -0.25) is 4.57 Å². The van der Waals surface area contributed by atoms with Crippen molar-refractivity contribution in [1.82, 2.24) is 9.55 Å². The van der Waals surface area contributed by atoms with Crippen molar-refractivity contribution in [3.8, 4) is 51.2 Å². The van der Waals surface area contributed by atoms with Crippen LogP contribution in [0.3, 0.4) is 0 Å². The number of hydrogen-bond donors (Lipinski definition) is 2. The highest BCUT2D eigenvalue weighted by atomic mass is 35.5. The largest absolute Gasteiger partial charge is 0.508 e. The number of phenolic OH excluding ortho intramolecular Hbond substituents is 2. The molecule has 0 fully saturated rings. The Morgan fingerprint density at radius 1 is 0.759 bits per heavy atom. The Morgan fingerprint density at radius 3 is 1.98 bits per heavy atom. The second-order valence-corrected chi connectivity index (χ2v) is 13.7. The molecule has 0 spiro atoms. The molecule has 0 bridgehead atoms. The highest BCUT2D eigenvalue weighted by molar-refractivity contribution is 6.55. The van der Waals surface area contributed by atoms with Crippen LogP contribution < -0.4 is 4.74 Å². The zero-order valence-corrected chi connectivity index (χ0v) is 30.4. The maximum Gasteiger partial charge on any atom is 0.263 e. The molecule has 0 amide bonds. The van der Waals surface area contributed by atoms with Gasteiger partial charge in [0, 0.05) is 33.7 Å². The summed E-state index contributed by atoms with van der Waals surface area (Å²) in [6.07, 6.45) is 7.18. The molecule has 1 aliphatic heterocycles. The fraction of sp³-hybridized carbons (Fsp3) is 0.0909. The summed E-state index contributed by atoms with van der Waals surface area (Å²) in [6.45, 7) is 0. The Bertz CT molecular complexity index is 2520. The molecule has 8 nitrogen and oxygen atoms in total. The molecule has 6 aromatic rings. The third kappa shape index (κ3) is 6.19. The third-order valence-electron chi connectivity index (χ3n) is 9.52. The van der Waals surface area contributed by atoms with Crippen LogP contribution in [0, 0.1) is 5.92 Å². The number of allylic oxidation sites excluding steroid dienone is 4. The van der Waals surface area contributed by atoms with Crippen LogP contribution in [0.15, 0.2) is 155 Å². The maximum absolute atomic E-state index is 11.8. The molecule has 1 aliphatic carbocycles. The van der Waals surface area contributed by atoms with Crippen LogP contribution in [-0.2, 0) is 10.6 Å². The minimum Gasteiger partial charge on any atom is -0.508 e. The molecule has 2 heterocycles. The van der Waals surface area contributed by atoms with E-state index in [0.29, 0.717) is 67.5 Å². The fourth-order valence-corrected chi connectivity index (χ4v) is 7.32. The zero-order chi connectivity index (χ0) is 37.4. The van der Waals surface area contributed by atoms with Gasteiger partial charge in [-0.05, 0) is 103 Å². The number of rotatable bonds is 9. The normalized spacial score (nSPS) is 17.8. The van der Waals surface area contributed by atoms with Gasteiger partial charge in [-0.25, -0.2) is 15.0 Å². The Labute approximate surface area is 321 Å². The van der Waals surface area contributed by atoms with Crippen LogP contribution >= 0.6 is 23.2 Å². The first-order valence-electron chi connectivity index (χ1n) is 17.2. The molecular formula is C44H32Cl2N4O4. The van der Waals surface area contributed by atoms with Crippen LogP contribution in [0.5, 0.6) is 17.2 Å². The molecule has 266 valence electrons. The van der Waals surface area contributed by atoms with Crippen LogP contribution in [0.1, 0.15) is 17.5 Å². The lowest BCUT2D eigenvalue weighted by Crippen LogP contribution is -2.31. The molecule has 0 saturated carbocycles. The number of imidazole rings is 1. The highest BCUT2D eigenvalue weighted by Gasteiger charge is 2.46. The van der Waals surface area contributed by atoms with Gasteiger partial charge in [-0.2, -0.15) is 0 Å². The van der Waals surface area contributed by atoms with Gasteiger partial charge >= 0.3 is 0 Å². The maximum atomic E-state index is 11.8. The number of carbonyl (C=O) groups is 1. The monoisotopic (exact) mass is 750 g/mol. The topological polar surface area (TPSA) is 109 Å². The van der Waals surface area contributed by atoms with Crippen LogP contribution in [0.2, 0.25) is 10.0 Å². The van der Waals surface area contributed by atoms with Gasteiger partial charge in [0.1, 0.15) is 29.4 Å².